The lowest BCUT2D eigenvalue weighted by Gasteiger charge is -2.11. The third-order valence-electron chi connectivity index (χ3n) is 2.19. The molecule has 6 heteroatoms. The molecule has 18 heavy (non-hydrogen) atoms. The number of methoxy groups -OCH3 is 1. The van der Waals surface area contributed by atoms with Gasteiger partial charge in [-0.25, -0.2) is 0 Å². The summed E-state index contributed by atoms with van der Waals surface area (Å²) in [7, 11) is 1.70. The van der Waals surface area contributed by atoms with Gasteiger partial charge in [0.25, 0.3) is 0 Å². The first-order chi connectivity index (χ1) is 8.65. The van der Waals surface area contributed by atoms with E-state index in [-0.39, 0.29) is 0 Å². The molecule has 0 spiro atoms. The molecule has 0 saturated heterocycles. The molecule has 1 aromatic rings. The third kappa shape index (κ3) is 6.02. The molecule has 0 amide bonds. The van der Waals surface area contributed by atoms with Gasteiger partial charge in [-0.2, -0.15) is 0 Å². The minimum atomic E-state index is 0.679. The molecule has 0 aliphatic carbocycles. The van der Waals surface area contributed by atoms with Crippen molar-refractivity contribution in [2.45, 2.75) is 6.42 Å². The van der Waals surface area contributed by atoms with E-state index in [1.54, 1.807) is 7.11 Å². The van der Waals surface area contributed by atoms with E-state index >= 15 is 0 Å². The van der Waals surface area contributed by atoms with Crippen LogP contribution in [0.5, 0.6) is 0 Å². The Hall–Kier alpha value is 0.380. The summed E-state index contributed by atoms with van der Waals surface area (Å²) in [6.45, 7) is 2.93. The number of hydrogen-bond donors (Lipinski definition) is 1. The van der Waals surface area contributed by atoms with Gasteiger partial charge in [0, 0.05) is 40.3 Å². The number of anilines is 1. The number of benzene rings is 1. The molecule has 0 saturated carbocycles. The van der Waals surface area contributed by atoms with Gasteiger partial charge >= 0.3 is 0 Å². The van der Waals surface area contributed by atoms with Crippen LogP contribution in [0.15, 0.2) is 25.6 Å². The van der Waals surface area contributed by atoms with Crippen molar-refractivity contribution in [2.24, 2.45) is 0 Å². The van der Waals surface area contributed by atoms with Crippen molar-refractivity contribution in [3.8, 4) is 0 Å². The first kappa shape index (κ1) is 16.4. The second-order valence-electron chi connectivity index (χ2n) is 3.63. The van der Waals surface area contributed by atoms with E-state index < -0.39 is 0 Å². The van der Waals surface area contributed by atoms with Crippen LogP contribution < -0.4 is 5.32 Å². The summed E-state index contributed by atoms with van der Waals surface area (Å²) in [4.78, 5) is 0. The van der Waals surface area contributed by atoms with E-state index in [0.717, 1.165) is 45.3 Å². The first-order valence-corrected chi connectivity index (χ1v) is 7.98. The minimum Gasteiger partial charge on any atom is -0.385 e. The van der Waals surface area contributed by atoms with Gasteiger partial charge < -0.3 is 14.8 Å². The van der Waals surface area contributed by atoms with Crippen molar-refractivity contribution in [1.29, 1.82) is 0 Å². The largest absolute Gasteiger partial charge is 0.385 e. The number of halogens is 3. The number of ether oxygens (including phenoxy) is 2. The summed E-state index contributed by atoms with van der Waals surface area (Å²) >= 11 is 10.5. The first-order valence-electron chi connectivity index (χ1n) is 5.60. The molecular weight excluding hydrogens is 430 g/mol. The topological polar surface area (TPSA) is 30.5 Å². The number of rotatable bonds is 8. The van der Waals surface area contributed by atoms with Crippen LogP contribution in [0, 0.1) is 0 Å². The van der Waals surface area contributed by atoms with Crippen LogP contribution in [0.4, 0.5) is 5.69 Å². The Morgan fingerprint density at radius 1 is 1.06 bits per heavy atom. The van der Waals surface area contributed by atoms with Crippen LogP contribution in [0.1, 0.15) is 6.42 Å². The molecule has 0 unspecified atom stereocenters. The van der Waals surface area contributed by atoms with E-state index in [0.29, 0.717) is 6.61 Å². The Kier molecular flexibility index (Phi) is 8.50. The van der Waals surface area contributed by atoms with Gasteiger partial charge in [0.1, 0.15) is 0 Å². The standard InChI is InChI=1S/C12H16Br3NO2/c1-17-4-2-5-18-6-3-16-12-10(14)7-9(13)8-11(12)15/h7-8,16H,2-6H2,1H3. The number of nitrogens with one attached hydrogen (secondary N) is 1. The van der Waals surface area contributed by atoms with E-state index in [1.165, 1.54) is 0 Å². The van der Waals surface area contributed by atoms with Gasteiger partial charge in [-0.15, -0.1) is 0 Å². The Balaban J connectivity index is 2.27. The van der Waals surface area contributed by atoms with Crippen LogP contribution in [-0.2, 0) is 9.47 Å². The monoisotopic (exact) mass is 443 g/mol. The predicted octanol–water partition coefficient (Wildman–Crippen LogP) is 4.44. The molecule has 0 radical (unpaired) electrons. The average molecular weight is 446 g/mol. The van der Waals surface area contributed by atoms with Crippen molar-refractivity contribution in [1.82, 2.24) is 0 Å². The van der Waals surface area contributed by atoms with Crippen molar-refractivity contribution >= 4 is 53.5 Å². The Labute approximate surface area is 133 Å². The summed E-state index contributed by atoms with van der Waals surface area (Å²) in [6.07, 6.45) is 0.933. The highest BCUT2D eigenvalue weighted by Crippen LogP contribution is 2.34. The fourth-order valence-electron chi connectivity index (χ4n) is 1.37. The van der Waals surface area contributed by atoms with Crippen molar-refractivity contribution in [3.05, 3.63) is 25.6 Å². The molecule has 0 aromatic heterocycles. The number of hydrogen-bond acceptors (Lipinski definition) is 3. The van der Waals surface area contributed by atoms with Crippen LogP contribution >= 0.6 is 47.8 Å². The van der Waals surface area contributed by atoms with Gasteiger partial charge in [-0.05, 0) is 50.4 Å². The Morgan fingerprint density at radius 2 is 1.72 bits per heavy atom. The highest BCUT2D eigenvalue weighted by Gasteiger charge is 2.05. The summed E-state index contributed by atoms with van der Waals surface area (Å²) in [5.74, 6) is 0. The zero-order valence-corrected chi connectivity index (χ0v) is 14.9. The van der Waals surface area contributed by atoms with E-state index in [9.17, 15) is 0 Å². The van der Waals surface area contributed by atoms with Crippen LogP contribution in [0.2, 0.25) is 0 Å². The fourth-order valence-corrected chi connectivity index (χ4v) is 3.91. The van der Waals surface area contributed by atoms with E-state index in [2.05, 4.69) is 53.1 Å². The molecule has 0 bridgehead atoms. The molecule has 1 aromatic carbocycles. The SMILES string of the molecule is COCCCOCCNc1c(Br)cc(Br)cc1Br. The molecule has 0 fully saturated rings. The highest BCUT2D eigenvalue weighted by molar-refractivity contribution is 9.11. The second-order valence-corrected chi connectivity index (χ2v) is 6.25. The summed E-state index contributed by atoms with van der Waals surface area (Å²) in [6, 6.07) is 4.01. The lowest BCUT2D eigenvalue weighted by Crippen LogP contribution is -2.11. The van der Waals surface area contributed by atoms with Gasteiger partial charge in [-0.3, -0.25) is 0 Å². The molecule has 1 N–H and O–H groups in total. The molecule has 0 heterocycles. The molecular formula is C12H16Br3NO2. The maximum Gasteiger partial charge on any atom is 0.0639 e. The van der Waals surface area contributed by atoms with Crippen LogP contribution in [0.3, 0.4) is 0 Å². The van der Waals surface area contributed by atoms with Gasteiger partial charge in [0.2, 0.25) is 0 Å². The summed E-state index contributed by atoms with van der Waals surface area (Å²) in [5, 5.41) is 3.33. The molecule has 102 valence electrons. The minimum absolute atomic E-state index is 0.679. The maximum atomic E-state index is 5.48. The van der Waals surface area contributed by atoms with Gasteiger partial charge in [-0.1, -0.05) is 15.9 Å². The third-order valence-corrected chi connectivity index (χ3v) is 3.90. The smallest absolute Gasteiger partial charge is 0.0639 e. The molecule has 0 atom stereocenters. The highest BCUT2D eigenvalue weighted by atomic mass is 79.9. The Bertz CT molecular complexity index is 351. The summed E-state index contributed by atoms with van der Waals surface area (Å²) < 4.78 is 13.5. The van der Waals surface area contributed by atoms with Crippen LogP contribution in [-0.4, -0.2) is 33.5 Å². The molecule has 3 nitrogen and oxygen atoms in total. The second kappa shape index (κ2) is 9.31. The average Bonchev–Trinajstić information content (AvgIpc) is 2.30. The maximum absolute atomic E-state index is 5.48. The molecule has 0 aliphatic heterocycles. The predicted molar refractivity (Wildman–Crippen MR) is 85.3 cm³/mol. The molecule has 1 rings (SSSR count). The van der Waals surface area contributed by atoms with E-state index in [1.807, 2.05) is 12.1 Å². The van der Waals surface area contributed by atoms with Gasteiger partial charge in [0.05, 0.1) is 12.3 Å². The van der Waals surface area contributed by atoms with Crippen LogP contribution in [0.25, 0.3) is 0 Å². The normalized spacial score (nSPS) is 10.7. The Morgan fingerprint density at radius 3 is 2.33 bits per heavy atom. The fraction of sp³-hybridized carbons (Fsp3) is 0.500. The van der Waals surface area contributed by atoms with Crippen molar-refractivity contribution in [2.75, 3.05) is 38.8 Å². The van der Waals surface area contributed by atoms with Crippen molar-refractivity contribution < 1.29 is 9.47 Å². The zero-order valence-electron chi connectivity index (χ0n) is 10.1. The van der Waals surface area contributed by atoms with Crippen molar-refractivity contribution in [3.63, 3.8) is 0 Å². The lowest BCUT2D eigenvalue weighted by atomic mass is 10.3. The summed E-state index contributed by atoms with van der Waals surface area (Å²) in [5.41, 5.74) is 1.04. The van der Waals surface area contributed by atoms with E-state index in [4.69, 9.17) is 9.47 Å². The zero-order chi connectivity index (χ0) is 13.4. The molecule has 0 aliphatic rings. The lowest BCUT2D eigenvalue weighted by molar-refractivity contribution is 0.109. The quantitative estimate of drug-likeness (QED) is 0.600. The van der Waals surface area contributed by atoms with Gasteiger partial charge in [0.15, 0.2) is 0 Å².